The van der Waals surface area contributed by atoms with Gasteiger partial charge in [-0.2, -0.15) is 10.4 Å². The van der Waals surface area contributed by atoms with E-state index in [9.17, 15) is 5.26 Å². The summed E-state index contributed by atoms with van der Waals surface area (Å²) < 4.78 is 1.79. The zero-order chi connectivity index (χ0) is 14.4. The fourth-order valence-electron chi connectivity index (χ4n) is 2.86. The van der Waals surface area contributed by atoms with Gasteiger partial charge in [-0.3, -0.25) is 0 Å². The second-order valence-corrected chi connectivity index (χ2v) is 5.36. The van der Waals surface area contributed by atoms with Gasteiger partial charge in [-0.1, -0.05) is 12.1 Å². The zero-order valence-corrected chi connectivity index (χ0v) is 11.7. The molecule has 6 heteroatoms. The number of nitriles is 1. The van der Waals surface area contributed by atoms with Crippen LogP contribution in [0.2, 0.25) is 0 Å². The minimum absolute atomic E-state index is 0.497. The van der Waals surface area contributed by atoms with E-state index >= 15 is 0 Å². The van der Waals surface area contributed by atoms with Gasteiger partial charge >= 0.3 is 0 Å². The normalized spacial score (nSPS) is 15.0. The molecular formula is C15H14N6. The van der Waals surface area contributed by atoms with Crippen LogP contribution < -0.4 is 0 Å². The Labute approximate surface area is 121 Å². The van der Waals surface area contributed by atoms with Gasteiger partial charge in [-0.05, 0) is 19.2 Å². The summed E-state index contributed by atoms with van der Waals surface area (Å²) >= 11 is 0. The van der Waals surface area contributed by atoms with Crippen LogP contribution >= 0.6 is 0 Å². The van der Waals surface area contributed by atoms with Crippen molar-refractivity contribution in [3.05, 3.63) is 41.2 Å². The summed E-state index contributed by atoms with van der Waals surface area (Å²) in [5, 5.41) is 13.8. The number of nitrogens with zero attached hydrogens (tertiary/aromatic N) is 5. The van der Waals surface area contributed by atoms with Crippen LogP contribution in [0.1, 0.15) is 17.0 Å². The first kappa shape index (κ1) is 12.1. The first-order chi connectivity index (χ1) is 10.3. The molecule has 0 saturated carbocycles. The van der Waals surface area contributed by atoms with Gasteiger partial charge in [0.05, 0.1) is 16.7 Å². The molecule has 104 valence electrons. The Hall–Kier alpha value is -2.65. The van der Waals surface area contributed by atoms with E-state index < -0.39 is 0 Å². The summed E-state index contributed by atoms with van der Waals surface area (Å²) in [6, 6.07) is 10.1. The molecule has 0 amide bonds. The van der Waals surface area contributed by atoms with Crippen molar-refractivity contribution in [2.24, 2.45) is 0 Å². The van der Waals surface area contributed by atoms with Crippen molar-refractivity contribution in [2.45, 2.75) is 13.0 Å². The molecule has 0 unspecified atom stereocenters. The summed E-state index contributed by atoms with van der Waals surface area (Å²) in [5.41, 5.74) is 4.48. The van der Waals surface area contributed by atoms with Crippen LogP contribution in [0.4, 0.5) is 0 Å². The lowest BCUT2D eigenvalue weighted by molar-refractivity contribution is 0.309. The smallest absolute Gasteiger partial charge is 0.229 e. The molecule has 1 aliphatic heterocycles. The Morgan fingerprint density at radius 3 is 3.00 bits per heavy atom. The van der Waals surface area contributed by atoms with Crippen molar-refractivity contribution in [3.63, 3.8) is 0 Å². The number of fused-ring (bicyclic) bond motifs is 2. The molecule has 0 fully saturated rings. The summed E-state index contributed by atoms with van der Waals surface area (Å²) in [7, 11) is 2.06. The molecule has 0 spiro atoms. The second kappa shape index (κ2) is 4.43. The molecule has 3 aromatic rings. The summed E-state index contributed by atoms with van der Waals surface area (Å²) in [4.78, 5) is 10.1. The van der Waals surface area contributed by atoms with E-state index in [1.165, 1.54) is 0 Å². The summed E-state index contributed by atoms with van der Waals surface area (Å²) in [6.45, 7) is 1.72. The molecule has 0 saturated heterocycles. The molecule has 21 heavy (non-hydrogen) atoms. The van der Waals surface area contributed by atoms with Crippen LogP contribution in [0, 0.1) is 11.3 Å². The Balaban J connectivity index is 1.91. The predicted molar refractivity (Wildman–Crippen MR) is 78.0 cm³/mol. The van der Waals surface area contributed by atoms with Gasteiger partial charge in [0, 0.05) is 25.1 Å². The van der Waals surface area contributed by atoms with Gasteiger partial charge in [0.25, 0.3) is 0 Å². The molecule has 0 bridgehead atoms. The third kappa shape index (κ3) is 1.82. The quantitative estimate of drug-likeness (QED) is 0.734. The number of likely N-dealkylation sites (N-methyl/N-ethyl adjacent to an activating group) is 1. The molecule has 0 radical (unpaired) electrons. The van der Waals surface area contributed by atoms with Gasteiger partial charge in [-0.15, -0.1) is 0 Å². The number of imidazole rings is 1. The molecular weight excluding hydrogens is 264 g/mol. The Bertz CT molecular complexity index is 833. The van der Waals surface area contributed by atoms with Crippen LogP contribution in [-0.2, 0) is 13.0 Å². The highest BCUT2D eigenvalue weighted by Crippen LogP contribution is 2.24. The van der Waals surface area contributed by atoms with Crippen LogP contribution in [0.25, 0.3) is 17.0 Å². The number of hydrogen-bond donors (Lipinski definition) is 1. The SMILES string of the molecule is CN1CCc2c(c(C#N)nn2-c2nc3ccccc3[nH]2)C1. The van der Waals surface area contributed by atoms with Crippen LogP contribution in [0.5, 0.6) is 0 Å². The molecule has 3 heterocycles. The number of benzene rings is 1. The molecule has 2 aromatic heterocycles. The number of rotatable bonds is 1. The maximum absolute atomic E-state index is 9.30. The van der Waals surface area contributed by atoms with Crippen LogP contribution in [-0.4, -0.2) is 38.2 Å². The third-order valence-electron chi connectivity index (χ3n) is 3.93. The number of para-hydroxylation sites is 2. The molecule has 1 aromatic carbocycles. The maximum Gasteiger partial charge on any atom is 0.229 e. The first-order valence-corrected chi connectivity index (χ1v) is 6.91. The predicted octanol–water partition coefficient (Wildman–Crippen LogP) is 1.61. The number of aromatic nitrogens is 4. The number of H-pyrrole nitrogens is 1. The lowest BCUT2D eigenvalue weighted by atomic mass is 10.1. The van der Waals surface area contributed by atoms with E-state index in [0.29, 0.717) is 11.6 Å². The fourth-order valence-corrected chi connectivity index (χ4v) is 2.86. The van der Waals surface area contributed by atoms with Gasteiger partial charge in [0.2, 0.25) is 5.95 Å². The van der Waals surface area contributed by atoms with Crippen molar-refractivity contribution in [1.29, 1.82) is 5.26 Å². The number of aromatic amines is 1. The summed E-state index contributed by atoms with van der Waals surface area (Å²) in [6.07, 6.45) is 0.873. The minimum Gasteiger partial charge on any atom is -0.322 e. The highest BCUT2D eigenvalue weighted by atomic mass is 15.4. The lowest BCUT2D eigenvalue weighted by Gasteiger charge is -2.22. The van der Waals surface area contributed by atoms with Gasteiger partial charge in [0.1, 0.15) is 6.07 Å². The topological polar surface area (TPSA) is 73.5 Å². The molecule has 6 nitrogen and oxygen atoms in total. The molecule has 0 atom stereocenters. The Morgan fingerprint density at radius 1 is 1.33 bits per heavy atom. The average molecular weight is 278 g/mol. The average Bonchev–Trinajstić information content (AvgIpc) is 3.07. The largest absolute Gasteiger partial charge is 0.322 e. The maximum atomic E-state index is 9.30. The van der Waals surface area contributed by atoms with Gasteiger partial charge in [-0.25, -0.2) is 9.67 Å². The van der Waals surface area contributed by atoms with Crippen molar-refractivity contribution < 1.29 is 0 Å². The molecule has 1 N–H and O–H groups in total. The van der Waals surface area contributed by atoms with Crippen molar-refractivity contribution in [1.82, 2.24) is 24.6 Å². The van der Waals surface area contributed by atoms with Gasteiger partial charge < -0.3 is 9.88 Å². The third-order valence-corrected chi connectivity index (χ3v) is 3.93. The van der Waals surface area contributed by atoms with E-state index in [0.717, 1.165) is 41.8 Å². The monoisotopic (exact) mass is 278 g/mol. The summed E-state index contributed by atoms with van der Waals surface area (Å²) in [5.74, 6) is 0.679. The molecule has 4 rings (SSSR count). The van der Waals surface area contributed by atoms with E-state index in [4.69, 9.17) is 0 Å². The van der Waals surface area contributed by atoms with Crippen molar-refractivity contribution in [2.75, 3.05) is 13.6 Å². The molecule has 0 aliphatic carbocycles. The second-order valence-electron chi connectivity index (χ2n) is 5.36. The van der Waals surface area contributed by atoms with Crippen LogP contribution in [0.3, 0.4) is 0 Å². The highest BCUT2D eigenvalue weighted by molar-refractivity contribution is 5.76. The van der Waals surface area contributed by atoms with E-state index in [-0.39, 0.29) is 0 Å². The minimum atomic E-state index is 0.497. The van der Waals surface area contributed by atoms with Gasteiger partial charge in [0.15, 0.2) is 5.69 Å². The fraction of sp³-hybridized carbons (Fsp3) is 0.267. The highest BCUT2D eigenvalue weighted by Gasteiger charge is 2.24. The zero-order valence-electron chi connectivity index (χ0n) is 11.7. The standard InChI is InChI=1S/C15H14N6/c1-20-7-6-14-10(9-20)13(8-16)19-21(14)15-17-11-4-2-3-5-12(11)18-15/h2-5H,6-7,9H2,1H3,(H,17,18). The lowest BCUT2D eigenvalue weighted by Crippen LogP contribution is -2.27. The van der Waals surface area contributed by atoms with Crippen LogP contribution in [0.15, 0.2) is 24.3 Å². The van der Waals surface area contributed by atoms with E-state index in [2.05, 4.69) is 33.1 Å². The van der Waals surface area contributed by atoms with E-state index in [1.807, 2.05) is 24.3 Å². The van der Waals surface area contributed by atoms with E-state index in [1.54, 1.807) is 4.68 Å². The first-order valence-electron chi connectivity index (χ1n) is 6.91. The Kier molecular flexibility index (Phi) is 2.56. The van der Waals surface area contributed by atoms with Crippen molar-refractivity contribution in [3.8, 4) is 12.0 Å². The molecule has 1 aliphatic rings. The number of hydrogen-bond acceptors (Lipinski definition) is 4. The van der Waals surface area contributed by atoms with Crippen molar-refractivity contribution >= 4 is 11.0 Å². The number of nitrogens with one attached hydrogen (secondary N) is 1. The Morgan fingerprint density at radius 2 is 2.19 bits per heavy atom.